The molecule has 0 saturated carbocycles. The van der Waals surface area contributed by atoms with Crippen LogP contribution in [-0.2, 0) is 0 Å². The Morgan fingerprint density at radius 1 is 0.833 bits per heavy atom. The summed E-state index contributed by atoms with van der Waals surface area (Å²) < 4.78 is 0. The summed E-state index contributed by atoms with van der Waals surface area (Å²) in [6.07, 6.45) is -0.171. The van der Waals surface area contributed by atoms with E-state index in [2.05, 4.69) is 51.3 Å². The van der Waals surface area contributed by atoms with Gasteiger partial charge in [-0.05, 0) is 27.7 Å². The highest BCUT2D eigenvalue weighted by Gasteiger charge is 2.56. The molecule has 0 aromatic heterocycles. The quantitative estimate of drug-likeness (QED) is 0.814. The molecule has 0 aromatic carbocycles. The van der Waals surface area contributed by atoms with Crippen molar-refractivity contribution in [2.75, 3.05) is 26.2 Å². The zero-order chi connectivity index (χ0) is 13.7. The number of rotatable bonds is 2. The molecule has 0 atom stereocenters. The summed E-state index contributed by atoms with van der Waals surface area (Å²) in [6, 6.07) is 1.14. The molecule has 3 heteroatoms. The van der Waals surface area contributed by atoms with E-state index in [-0.39, 0.29) is 16.9 Å². The predicted molar refractivity (Wildman–Crippen MR) is 75.6 cm³/mol. The minimum atomic E-state index is -0.171. The number of hydrogen-bond acceptors (Lipinski definition) is 3. The first-order valence-electron chi connectivity index (χ1n) is 7.34. The second-order valence-electron chi connectivity index (χ2n) is 7.71. The van der Waals surface area contributed by atoms with Gasteiger partial charge in [0, 0.05) is 49.1 Å². The third-order valence-electron chi connectivity index (χ3n) is 5.04. The molecule has 2 aliphatic rings. The van der Waals surface area contributed by atoms with Gasteiger partial charge in [-0.3, -0.25) is 9.80 Å². The summed E-state index contributed by atoms with van der Waals surface area (Å²) in [5.41, 5.74) is 0.0274. The number of aliphatic hydroxyl groups excluding tert-OH is 1. The van der Waals surface area contributed by atoms with E-state index in [1.807, 2.05) is 0 Å². The normalized spacial score (nSPS) is 42.8. The summed E-state index contributed by atoms with van der Waals surface area (Å²) in [5.74, 6) is 0. The molecule has 0 aliphatic carbocycles. The zero-order valence-electron chi connectivity index (χ0n) is 12.9. The Morgan fingerprint density at radius 2 is 1.11 bits per heavy atom. The number of nitrogens with zero attached hydrogens (tertiary/aromatic N) is 2. The highest BCUT2D eigenvalue weighted by atomic mass is 16.3. The van der Waals surface area contributed by atoms with Crippen molar-refractivity contribution in [2.24, 2.45) is 10.8 Å². The van der Waals surface area contributed by atoms with Crippen LogP contribution in [-0.4, -0.2) is 59.3 Å². The molecule has 0 aromatic rings. The van der Waals surface area contributed by atoms with Crippen LogP contribution in [0.2, 0.25) is 0 Å². The molecule has 2 bridgehead atoms. The van der Waals surface area contributed by atoms with Crippen molar-refractivity contribution >= 4 is 0 Å². The largest absolute Gasteiger partial charge is 0.392 e. The molecule has 1 N–H and O–H groups in total. The predicted octanol–water partition coefficient (Wildman–Crippen LogP) is 1.81. The number of fused-ring (bicyclic) bond motifs is 2. The van der Waals surface area contributed by atoms with Gasteiger partial charge in [-0.2, -0.15) is 0 Å². The number of piperidine rings is 2. The first kappa shape index (κ1) is 14.3. The van der Waals surface area contributed by atoms with Crippen molar-refractivity contribution in [1.82, 2.24) is 9.80 Å². The van der Waals surface area contributed by atoms with Crippen LogP contribution in [0.25, 0.3) is 0 Å². The van der Waals surface area contributed by atoms with Crippen molar-refractivity contribution in [3.05, 3.63) is 0 Å². The molecule has 2 fully saturated rings. The van der Waals surface area contributed by atoms with E-state index in [1.54, 1.807) is 0 Å². The first-order chi connectivity index (χ1) is 8.18. The second kappa shape index (κ2) is 4.46. The molecule has 0 amide bonds. The Hall–Kier alpha value is -0.120. The van der Waals surface area contributed by atoms with E-state index in [4.69, 9.17) is 0 Å². The molecule has 2 rings (SSSR count). The lowest BCUT2D eigenvalue weighted by molar-refractivity contribution is -0.183. The summed E-state index contributed by atoms with van der Waals surface area (Å²) in [7, 11) is 0. The van der Waals surface area contributed by atoms with Gasteiger partial charge in [0.15, 0.2) is 0 Å². The molecule has 2 heterocycles. The zero-order valence-corrected chi connectivity index (χ0v) is 12.9. The van der Waals surface area contributed by atoms with Crippen molar-refractivity contribution in [3.63, 3.8) is 0 Å². The Morgan fingerprint density at radius 3 is 1.33 bits per heavy atom. The van der Waals surface area contributed by atoms with Gasteiger partial charge in [-0.15, -0.1) is 0 Å². The monoisotopic (exact) mass is 254 g/mol. The average Bonchev–Trinajstić information content (AvgIpc) is 2.22. The lowest BCUT2D eigenvalue weighted by Gasteiger charge is -2.61. The van der Waals surface area contributed by atoms with Gasteiger partial charge < -0.3 is 5.11 Å². The van der Waals surface area contributed by atoms with Crippen LogP contribution in [0, 0.1) is 10.8 Å². The van der Waals surface area contributed by atoms with E-state index in [1.165, 1.54) is 0 Å². The molecule has 106 valence electrons. The summed E-state index contributed by atoms with van der Waals surface area (Å²) in [5, 5.41) is 10.8. The van der Waals surface area contributed by atoms with Crippen LogP contribution in [0.3, 0.4) is 0 Å². The standard InChI is InChI=1S/C15H30N2O/c1-11(2)16-7-14(5)9-17(12(3)4)10-15(6,8-16)13(14)18/h11-13,18H,7-10H2,1-6H3. The first-order valence-corrected chi connectivity index (χ1v) is 7.34. The third-order valence-corrected chi connectivity index (χ3v) is 5.04. The van der Waals surface area contributed by atoms with Gasteiger partial charge in [0.1, 0.15) is 0 Å². The van der Waals surface area contributed by atoms with Crippen LogP contribution in [0.15, 0.2) is 0 Å². The molecule has 0 radical (unpaired) electrons. The number of aliphatic hydroxyl groups is 1. The molecular formula is C15H30N2O. The maximum atomic E-state index is 10.8. The maximum absolute atomic E-state index is 10.8. The van der Waals surface area contributed by atoms with Crippen LogP contribution in [0.5, 0.6) is 0 Å². The van der Waals surface area contributed by atoms with Crippen LogP contribution >= 0.6 is 0 Å². The second-order valence-corrected chi connectivity index (χ2v) is 7.71. The minimum absolute atomic E-state index is 0.0137. The molecule has 0 unspecified atom stereocenters. The van der Waals surface area contributed by atoms with Gasteiger partial charge in [-0.25, -0.2) is 0 Å². The number of likely N-dealkylation sites (tertiary alicyclic amines) is 2. The smallest absolute Gasteiger partial charge is 0.0696 e. The van der Waals surface area contributed by atoms with Gasteiger partial charge in [0.2, 0.25) is 0 Å². The lowest BCUT2D eigenvalue weighted by Crippen LogP contribution is -2.71. The fourth-order valence-corrected chi connectivity index (χ4v) is 3.99. The van der Waals surface area contributed by atoms with Crippen molar-refractivity contribution in [3.8, 4) is 0 Å². The van der Waals surface area contributed by atoms with E-state index < -0.39 is 0 Å². The van der Waals surface area contributed by atoms with E-state index in [9.17, 15) is 5.11 Å². The Labute approximate surface area is 112 Å². The minimum Gasteiger partial charge on any atom is -0.392 e. The average molecular weight is 254 g/mol. The summed E-state index contributed by atoms with van der Waals surface area (Å²) >= 11 is 0. The van der Waals surface area contributed by atoms with Crippen LogP contribution in [0.1, 0.15) is 41.5 Å². The fourth-order valence-electron chi connectivity index (χ4n) is 3.99. The highest BCUT2D eigenvalue weighted by molar-refractivity contribution is 5.08. The maximum Gasteiger partial charge on any atom is 0.0696 e. The van der Waals surface area contributed by atoms with Crippen molar-refractivity contribution in [1.29, 1.82) is 0 Å². The molecule has 0 spiro atoms. The van der Waals surface area contributed by atoms with E-state index in [0.29, 0.717) is 12.1 Å². The van der Waals surface area contributed by atoms with Gasteiger partial charge in [0.25, 0.3) is 0 Å². The Bertz CT molecular complexity index is 272. The van der Waals surface area contributed by atoms with E-state index in [0.717, 1.165) is 26.2 Å². The molecule has 2 saturated heterocycles. The summed E-state index contributed by atoms with van der Waals surface area (Å²) in [6.45, 7) is 17.7. The molecular weight excluding hydrogens is 224 g/mol. The van der Waals surface area contributed by atoms with Gasteiger partial charge in [-0.1, -0.05) is 13.8 Å². The SMILES string of the molecule is CC(C)N1CC2(C)CN(C(C)C)CC(C)(C1)C2O. The van der Waals surface area contributed by atoms with Gasteiger partial charge in [0.05, 0.1) is 6.10 Å². The van der Waals surface area contributed by atoms with Crippen molar-refractivity contribution in [2.45, 2.75) is 59.7 Å². The Kier molecular flexibility index (Phi) is 3.54. The summed E-state index contributed by atoms with van der Waals surface area (Å²) in [4.78, 5) is 5.09. The lowest BCUT2D eigenvalue weighted by atomic mass is 9.62. The van der Waals surface area contributed by atoms with Crippen LogP contribution in [0.4, 0.5) is 0 Å². The van der Waals surface area contributed by atoms with Crippen LogP contribution < -0.4 is 0 Å². The highest BCUT2D eigenvalue weighted by Crippen LogP contribution is 2.46. The van der Waals surface area contributed by atoms with E-state index >= 15 is 0 Å². The molecule has 18 heavy (non-hydrogen) atoms. The molecule has 3 nitrogen and oxygen atoms in total. The number of hydrogen-bond donors (Lipinski definition) is 1. The fraction of sp³-hybridized carbons (Fsp3) is 1.00. The third kappa shape index (κ3) is 2.21. The molecule has 2 aliphatic heterocycles. The Balaban J connectivity index is 2.28. The topological polar surface area (TPSA) is 26.7 Å². The van der Waals surface area contributed by atoms with Crippen molar-refractivity contribution < 1.29 is 5.11 Å². The van der Waals surface area contributed by atoms with Gasteiger partial charge >= 0.3 is 0 Å².